The van der Waals surface area contributed by atoms with Gasteiger partial charge in [0.1, 0.15) is 5.75 Å². The molecule has 2 aromatic heterocycles. The summed E-state index contributed by atoms with van der Waals surface area (Å²) in [5.41, 5.74) is 4.94. The van der Waals surface area contributed by atoms with E-state index >= 15 is 0 Å². The first-order valence-electron chi connectivity index (χ1n) is 13.3. The zero-order valence-corrected chi connectivity index (χ0v) is 21.9. The minimum atomic E-state index is 0.321. The second kappa shape index (κ2) is 9.31. The zero-order chi connectivity index (χ0) is 24.1. The molecule has 2 aromatic carbocycles. The molecule has 3 atom stereocenters. The third kappa shape index (κ3) is 4.14. The van der Waals surface area contributed by atoms with E-state index in [9.17, 15) is 0 Å². The lowest BCUT2D eigenvalue weighted by atomic mass is 9.87. The van der Waals surface area contributed by atoms with Gasteiger partial charge in [-0.15, -0.1) is 10.2 Å². The molecule has 0 radical (unpaired) electrons. The molecule has 1 saturated carbocycles. The molecule has 0 spiro atoms. The Labute approximate surface area is 220 Å². The Kier molecular flexibility index (Phi) is 5.82. The van der Waals surface area contributed by atoms with Crippen LogP contribution in [-0.2, 0) is 0 Å². The first-order chi connectivity index (χ1) is 17.7. The van der Waals surface area contributed by atoms with Crippen molar-refractivity contribution in [2.45, 2.75) is 62.6 Å². The number of hydrogen-bond donors (Lipinski definition) is 0. The average molecular weight is 544 g/mol. The van der Waals surface area contributed by atoms with Gasteiger partial charge >= 0.3 is 0 Å². The zero-order valence-electron chi connectivity index (χ0n) is 20.3. The number of pyridine rings is 1. The first-order valence-corrected chi connectivity index (χ1v) is 14.1. The van der Waals surface area contributed by atoms with Crippen LogP contribution in [0.25, 0.3) is 5.65 Å². The normalized spacial score (nSPS) is 24.0. The molecule has 5 nitrogen and oxygen atoms in total. The number of ether oxygens (including phenoxy) is 1. The molecule has 1 aliphatic carbocycles. The summed E-state index contributed by atoms with van der Waals surface area (Å²) < 4.78 is 9.34. The minimum absolute atomic E-state index is 0.321. The molecule has 36 heavy (non-hydrogen) atoms. The molecular weight excluding hydrogens is 512 g/mol. The fourth-order valence-electron chi connectivity index (χ4n) is 6.63. The SMILES string of the molecule is Brc1nnc2cc(OC[C@@H]3C[C@H]4CC[C@@H](C3)N4C(c3ccccc3)c3ccccc3)c(C3CC3)cn12. The van der Waals surface area contributed by atoms with Gasteiger partial charge in [0, 0.05) is 29.9 Å². The smallest absolute Gasteiger partial charge is 0.204 e. The van der Waals surface area contributed by atoms with Crippen LogP contribution in [0.5, 0.6) is 5.75 Å². The van der Waals surface area contributed by atoms with Crippen LogP contribution in [-0.4, -0.2) is 38.2 Å². The molecule has 2 aliphatic heterocycles. The monoisotopic (exact) mass is 542 g/mol. The van der Waals surface area contributed by atoms with Crippen molar-refractivity contribution in [1.29, 1.82) is 0 Å². The van der Waals surface area contributed by atoms with Crippen molar-refractivity contribution in [3.8, 4) is 5.75 Å². The van der Waals surface area contributed by atoms with Crippen LogP contribution in [0.1, 0.15) is 67.2 Å². The van der Waals surface area contributed by atoms with E-state index in [1.54, 1.807) is 0 Å². The van der Waals surface area contributed by atoms with Crippen molar-refractivity contribution in [3.05, 3.63) is 94.4 Å². The van der Waals surface area contributed by atoms with E-state index in [0.717, 1.165) is 22.7 Å². The van der Waals surface area contributed by atoms with Crippen molar-refractivity contribution >= 4 is 21.6 Å². The Morgan fingerprint density at radius 3 is 2.11 bits per heavy atom. The average Bonchev–Trinajstić information content (AvgIpc) is 3.66. The third-order valence-corrected chi connectivity index (χ3v) is 8.94. The van der Waals surface area contributed by atoms with E-state index < -0.39 is 0 Å². The minimum Gasteiger partial charge on any atom is -0.493 e. The summed E-state index contributed by atoms with van der Waals surface area (Å²) in [5, 5.41) is 8.47. The number of benzene rings is 2. The van der Waals surface area contributed by atoms with Crippen LogP contribution in [0.3, 0.4) is 0 Å². The van der Waals surface area contributed by atoms with E-state index in [4.69, 9.17) is 4.74 Å². The van der Waals surface area contributed by atoms with Gasteiger partial charge in [-0.3, -0.25) is 9.30 Å². The van der Waals surface area contributed by atoms with Gasteiger partial charge in [0.15, 0.2) is 5.65 Å². The predicted octanol–water partition coefficient (Wildman–Crippen LogP) is 6.78. The molecule has 0 N–H and O–H groups in total. The summed E-state index contributed by atoms with van der Waals surface area (Å²) >= 11 is 3.51. The Balaban J connectivity index is 1.11. The Morgan fingerprint density at radius 1 is 0.861 bits per heavy atom. The molecule has 4 aromatic rings. The van der Waals surface area contributed by atoms with Crippen LogP contribution in [0.4, 0.5) is 0 Å². The predicted molar refractivity (Wildman–Crippen MR) is 144 cm³/mol. The maximum absolute atomic E-state index is 6.57. The maximum atomic E-state index is 6.57. The maximum Gasteiger partial charge on any atom is 0.204 e. The molecule has 2 bridgehead atoms. The lowest BCUT2D eigenvalue weighted by molar-refractivity contribution is 0.0561. The molecule has 3 aliphatic rings. The van der Waals surface area contributed by atoms with E-state index in [1.165, 1.54) is 55.2 Å². The highest BCUT2D eigenvalue weighted by atomic mass is 79.9. The summed E-state index contributed by atoms with van der Waals surface area (Å²) in [6.07, 6.45) is 9.61. The molecule has 184 valence electrons. The Bertz CT molecular complexity index is 1300. The number of aromatic nitrogens is 3. The molecule has 0 unspecified atom stereocenters. The van der Waals surface area contributed by atoms with Crippen molar-refractivity contribution in [3.63, 3.8) is 0 Å². The highest BCUT2D eigenvalue weighted by Crippen LogP contribution is 2.47. The lowest BCUT2D eigenvalue weighted by Crippen LogP contribution is -2.46. The summed E-state index contributed by atoms with van der Waals surface area (Å²) in [5.74, 6) is 2.19. The molecular formula is C30H31BrN4O. The number of piperidine rings is 1. The van der Waals surface area contributed by atoms with Gasteiger partial charge in [0.25, 0.3) is 0 Å². The lowest BCUT2D eigenvalue weighted by Gasteiger charge is -2.44. The molecule has 3 fully saturated rings. The van der Waals surface area contributed by atoms with Crippen molar-refractivity contribution < 1.29 is 4.74 Å². The largest absolute Gasteiger partial charge is 0.493 e. The van der Waals surface area contributed by atoms with Gasteiger partial charge in [-0.2, -0.15) is 0 Å². The second-order valence-electron chi connectivity index (χ2n) is 10.8. The van der Waals surface area contributed by atoms with E-state index in [0.29, 0.717) is 30.0 Å². The second-order valence-corrected chi connectivity index (χ2v) is 11.5. The van der Waals surface area contributed by atoms with E-state index in [-0.39, 0.29) is 0 Å². The number of halogens is 1. The van der Waals surface area contributed by atoms with Gasteiger partial charge in [0.05, 0.1) is 12.6 Å². The first kappa shape index (κ1) is 22.5. The Morgan fingerprint density at radius 2 is 1.50 bits per heavy atom. The number of fused-ring (bicyclic) bond motifs is 3. The van der Waals surface area contributed by atoms with Gasteiger partial charge in [0.2, 0.25) is 4.73 Å². The van der Waals surface area contributed by atoms with Crippen LogP contribution >= 0.6 is 15.9 Å². The molecule has 2 saturated heterocycles. The van der Waals surface area contributed by atoms with Gasteiger partial charge in [-0.1, -0.05) is 60.7 Å². The fraction of sp³-hybridized carbons (Fsp3) is 0.400. The quantitative estimate of drug-likeness (QED) is 0.258. The standard InChI is InChI=1S/C30H31BrN4O/c31-30-33-32-28-17-27(26(18-34(28)30)21-11-12-21)36-19-20-15-24-13-14-25(16-20)35(24)29(22-7-3-1-4-8-22)23-9-5-2-6-10-23/h1-10,17-18,20-21,24-25,29H,11-16,19H2/t20-,24-,25+. The molecule has 4 heterocycles. The van der Waals surface area contributed by atoms with Crippen LogP contribution in [0, 0.1) is 5.92 Å². The van der Waals surface area contributed by atoms with Crippen molar-refractivity contribution in [1.82, 2.24) is 19.5 Å². The Hall–Kier alpha value is -2.70. The molecule has 7 rings (SSSR count). The number of nitrogens with zero attached hydrogens (tertiary/aromatic N) is 4. The molecule has 6 heteroatoms. The fourth-order valence-corrected chi connectivity index (χ4v) is 6.99. The highest BCUT2D eigenvalue weighted by molar-refractivity contribution is 9.10. The summed E-state index contributed by atoms with van der Waals surface area (Å²) in [6, 6.07) is 25.7. The van der Waals surface area contributed by atoms with Crippen LogP contribution < -0.4 is 4.74 Å². The topological polar surface area (TPSA) is 42.7 Å². The summed E-state index contributed by atoms with van der Waals surface area (Å²) in [7, 11) is 0. The van der Waals surface area contributed by atoms with Crippen molar-refractivity contribution in [2.75, 3.05) is 6.61 Å². The van der Waals surface area contributed by atoms with E-state index in [1.807, 2.05) is 4.40 Å². The van der Waals surface area contributed by atoms with E-state index in [2.05, 4.69) is 104 Å². The van der Waals surface area contributed by atoms with Crippen LogP contribution in [0.2, 0.25) is 0 Å². The third-order valence-electron chi connectivity index (χ3n) is 8.40. The summed E-state index contributed by atoms with van der Waals surface area (Å²) in [4.78, 5) is 2.83. The molecule has 0 amide bonds. The van der Waals surface area contributed by atoms with Gasteiger partial charge in [-0.25, -0.2) is 0 Å². The highest BCUT2D eigenvalue weighted by Gasteiger charge is 2.45. The number of rotatable bonds is 7. The number of hydrogen-bond acceptors (Lipinski definition) is 4. The summed E-state index contributed by atoms with van der Waals surface area (Å²) in [6.45, 7) is 0.785. The van der Waals surface area contributed by atoms with Crippen molar-refractivity contribution in [2.24, 2.45) is 5.92 Å². The van der Waals surface area contributed by atoms with Crippen LogP contribution in [0.15, 0.2) is 77.7 Å². The van der Waals surface area contributed by atoms with Gasteiger partial charge < -0.3 is 4.74 Å². The van der Waals surface area contributed by atoms with Gasteiger partial charge in [-0.05, 0) is 77.4 Å².